The number of pyridine rings is 1. The zero-order chi connectivity index (χ0) is 9.26. The van der Waals surface area contributed by atoms with Crippen molar-refractivity contribution in [1.29, 1.82) is 0 Å². The van der Waals surface area contributed by atoms with E-state index >= 15 is 0 Å². The lowest BCUT2D eigenvalue weighted by Gasteiger charge is -1.91. The third kappa shape index (κ3) is 1.67. The monoisotopic (exact) mass is 193 g/mol. The lowest BCUT2D eigenvalue weighted by atomic mass is 10.3. The highest BCUT2D eigenvalue weighted by molar-refractivity contribution is 7.20. The average Bonchev–Trinajstić information content (AvgIpc) is 2.44. The number of thiophene rings is 1. The van der Waals surface area contributed by atoms with Crippen molar-refractivity contribution >= 4 is 27.5 Å². The molecule has 2 aromatic heterocycles. The van der Waals surface area contributed by atoms with Crippen LogP contribution >= 0.6 is 11.3 Å². The van der Waals surface area contributed by atoms with E-state index < -0.39 is 0 Å². The first-order chi connectivity index (χ1) is 6.25. The summed E-state index contributed by atoms with van der Waals surface area (Å²) in [4.78, 5) is 15.7. The Bertz CT molecular complexity index is 417. The van der Waals surface area contributed by atoms with E-state index in [2.05, 4.69) is 4.98 Å². The average molecular weight is 193 g/mol. The molecule has 0 amide bonds. The fourth-order valence-corrected chi connectivity index (χ4v) is 1.94. The molecule has 0 saturated carbocycles. The largest absolute Gasteiger partial charge is 0.416 e. The van der Waals surface area contributed by atoms with Crippen LogP contribution in [0, 0.1) is 0 Å². The van der Waals surface area contributed by atoms with Crippen molar-refractivity contribution in [3.05, 3.63) is 24.4 Å². The molecule has 13 heavy (non-hydrogen) atoms. The van der Waals surface area contributed by atoms with Gasteiger partial charge in [0, 0.05) is 24.6 Å². The summed E-state index contributed by atoms with van der Waals surface area (Å²) < 4.78 is 4.94. The van der Waals surface area contributed by atoms with Crippen LogP contribution in [0.25, 0.3) is 10.2 Å². The van der Waals surface area contributed by atoms with Crippen molar-refractivity contribution < 1.29 is 9.53 Å². The minimum absolute atomic E-state index is 0.299. The number of nitrogens with zero attached hydrogens (tertiary/aromatic N) is 1. The van der Waals surface area contributed by atoms with Gasteiger partial charge in [-0.15, -0.1) is 0 Å². The molecule has 0 unspecified atom stereocenters. The molecule has 4 heteroatoms. The van der Waals surface area contributed by atoms with Crippen LogP contribution < -0.4 is 4.74 Å². The van der Waals surface area contributed by atoms with E-state index in [-0.39, 0.29) is 5.97 Å². The van der Waals surface area contributed by atoms with Crippen LogP contribution in [-0.2, 0) is 4.79 Å². The molecule has 0 bridgehead atoms. The number of hydrogen-bond acceptors (Lipinski definition) is 4. The summed E-state index contributed by atoms with van der Waals surface area (Å²) in [7, 11) is 0. The third-order valence-electron chi connectivity index (χ3n) is 1.52. The zero-order valence-corrected chi connectivity index (χ0v) is 7.80. The number of fused-ring (bicyclic) bond motifs is 1. The molecule has 0 radical (unpaired) electrons. The number of rotatable bonds is 1. The van der Waals surface area contributed by atoms with E-state index in [1.165, 1.54) is 18.3 Å². The van der Waals surface area contributed by atoms with Crippen molar-refractivity contribution in [2.75, 3.05) is 0 Å². The standard InChI is InChI=1S/C9H7NO2S/c1-6(11)12-8-5-7-3-2-4-10-9(7)13-8/h2-5H,1H3. The molecule has 0 aliphatic heterocycles. The number of carbonyl (C=O) groups is 1. The van der Waals surface area contributed by atoms with E-state index in [4.69, 9.17) is 4.74 Å². The quantitative estimate of drug-likeness (QED) is 0.652. The molecular weight excluding hydrogens is 186 g/mol. The number of ether oxygens (including phenoxy) is 1. The minimum Gasteiger partial charge on any atom is -0.416 e. The Hall–Kier alpha value is -1.42. The molecule has 2 rings (SSSR count). The second-order valence-electron chi connectivity index (χ2n) is 2.56. The Morgan fingerprint density at radius 2 is 2.46 bits per heavy atom. The molecule has 0 aliphatic rings. The summed E-state index contributed by atoms with van der Waals surface area (Å²) >= 11 is 1.37. The molecule has 2 aromatic rings. The molecule has 0 fully saturated rings. The van der Waals surface area contributed by atoms with Crippen LogP contribution in [0.2, 0.25) is 0 Å². The smallest absolute Gasteiger partial charge is 0.308 e. The van der Waals surface area contributed by atoms with Crippen molar-refractivity contribution in [2.45, 2.75) is 6.92 Å². The maximum absolute atomic E-state index is 10.7. The van der Waals surface area contributed by atoms with Crippen LogP contribution in [-0.4, -0.2) is 11.0 Å². The first-order valence-electron chi connectivity index (χ1n) is 3.79. The second-order valence-corrected chi connectivity index (χ2v) is 3.55. The highest BCUT2D eigenvalue weighted by Crippen LogP contribution is 2.29. The van der Waals surface area contributed by atoms with Gasteiger partial charge in [-0.25, -0.2) is 4.98 Å². The van der Waals surface area contributed by atoms with E-state index in [0.29, 0.717) is 5.06 Å². The van der Waals surface area contributed by atoms with Crippen LogP contribution in [0.3, 0.4) is 0 Å². The van der Waals surface area contributed by atoms with Gasteiger partial charge in [0.05, 0.1) is 0 Å². The summed E-state index contributed by atoms with van der Waals surface area (Å²) in [6.45, 7) is 1.39. The lowest BCUT2D eigenvalue weighted by Crippen LogP contribution is -1.98. The van der Waals surface area contributed by atoms with Gasteiger partial charge in [0.25, 0.3) is 0 Å². The van der Waals surface area contributed by atoms with Crippen molar-refractivity contribution in [3.8, 4) is 5.06 Å². The van der Waals surface area contributed by atoms with Gasteiger partial charge >= 0.3 is 5.97 Å². The summed E-state index contributed by atoms with van der Waals surface area (Å²) in [5.41, 5.74) is 0. The first-order valence-corrected chi connectivity index (χ1v) is 4.60. The maximum atomic E-state index is 10.7. The molecule has 0 atom stereocenters. The van der Waals surface area contributed by atoms with E-state index in [1.54, 1.807) is 6.20 Å². The highest BCUT2D eigenvalue weighted by Gasteiger charge is 2.04. The molecule has 0 saturated heterocycles. The summed E-state index contributed by atoms with van der Waals surface area (Å²) in [5, 5.41) is 1.60. The van der Waals surface area contributed by atoms with Gasteiger partial charge in [0.15, 0.2) is 5.06 Å². The van der Waals surface area contributed by atoms with Gasteiger partial charge in [0.2, 0.25) is 0 Å². The molecule has 2 heterocycles. The van der Waals surface area contributed by atoms with E-state index in [1.807, 2.05) is 18.2 Å². The number of carbonyl (C=O) groups excluding carboxylic acids is 1. The van der Waals surface area contributed by atoms with Gasteiger partial charge in [-0.05, 0) is 6.07 Å². The van der Waals surface area contributed by atoms with Crippen LogP contribution in [0.4, 0.5) is 0 Å². The molecule has 0 aromatic carbocycles. The Morgan fingerprint density at radius 1 is 1.62 bits per heavy atom. The second kappa shape index (κ2) is 3.14. The maximum Gasteiger partial charge on any atom is 0.308 e. The Balaban J connectivity index is 2.44. The third-order valence-corrected chi connectivity index (χ3v) is 2.45. The molecule has 66 valence electrons. The molecule has 0 N–H and O–H groups in total. The predicted molar refractivity (Wildman–Crippen MR) is 50.9 cm³/mol. The van der Waals surface area contributed by atoms with Crippen molar-refractivity contribution in [1.82, 2.24) is 4.98 Å². The van der Waals surface area contributed by atoms with E-state index in [0.717, 1.165) is 10.2 Å². The van der Waals surface area contributed by atoms with Crippen LogP contribution in [0.5, 0.6) is 5.06 Å². The fraction of sp³-hybridized carbons (Fsp3) is 0.111. The fourth-order valence-electron chi connectivity index (χ4n) is 1.04. The van der Waals surface area contributed by atoms with Gasteiger partial charge in [-0.1, -0.05) is 17.4 Å². The van der Waals surface area contributed by atoms with Gasteiger partial charge in [0.1, 0.15) is 4.83 Å². The summed E-state index contributed by atoms with van der Waals surface area (Å²) in [5.74, 6) is -0.299. The highest BCUT2D eigenvalue weighted by atomic mass is 32.1. The Morgan fingerprint density at radius 3 is 3.15 bits per heavy atom. The van der Waals surface area contributed by atoms with Crippen molar-refractivity contribution in [3.63, 3.8) is 0 Å². The SMILES string of the molecule is CC(=O)Oc1cc2cccnc2s1. The minimum atomic E-state index is -0.299. The predicted octanol–water partition coefficient (Wildman–Crippen LogP) is 2.22. The van der Waals surface area contributed by atoms with Crippen LogP contribution in [0.15, 0.2) is 24.4 Å². The molecule has 0 spiro atoms. The van der Waals surface area contributed by atoms with Gasteiger partial charge in [-0.2, -0.15) is 0 Å². The number of aromatic nitrogens is 1. The summed E-state index contributed by atoms with van der Waals surface area (Å²) in [6.07, 6.45) is 1.72. The van der Waals surface area contributed by atoms with E-state index in [9.17, 15) is 4.79 Å². The molecule has 3 nitrogen and oxygen atoms in total. The lowest BCUT2D eigenvalue weighted by molar-refractivity contribution is -0.131. The topological polar surface area (TPSA) is 39.2 Å². The summed E-state index contributed by atoms with van der Waals surface area (Å²) in [6, 6.07) is 5.60. The van der Waals surface area contributed by atoms with Crippen molar-refractivity contribution in [2.24, 2.45) is 0 Å². The molecular formula is C9H7NO2S. The zero-order valence-electron chi connectivity index (χ0n) is 6.98. The van der Waals surface area contributed by atoms with Gasteiger partial charge < -0.3 is 4.74 Å². The van der Waals surface area contributed by atoms with Crippen LogP contribution in [0.1, 0.15) is 6.92 Å². The first kappa shape index (κ1) is 8.19. The molecule has 0 aliphatic carbocycles. The van der Waals surface area contributed by atoms with Gasteiger partial charge in [-0.3, -0.25) is 4.79 Å². The number of esters is 1. The normalized spacial score (nSPS) is 10.2. The Labute approximate surface area is 79.0 Å². The Kier molecular flexibility index (Phi) is 1.98. The number of hydrogen-bond donors (Lipinski definition) is 0.